The molecule has 2 amide bonds. The maximum atomic E-state index is 14.9. The molecule has 2 saturated heterocycles. The predicted molar refractivity (Wildman–Crippen MR) is 198 cm³/mol. The number of alkyl halides is 3. The van der Waals surface area contributed by atoms with Crippen molar-refractivity contribution in [1.82, 2.24) is 25.0 Å². The molecular weight excluding hydrogens is 715 g/mol. The first-order valence-electron chi connectivity index (χ1n) is 18.7. The summed E-state index contributed by atoms with van der Waals surface area (Å²) < 4.78 is 58.4. The number of piperazine rings is 1. The number of carbonyl (C=O) groups is 2. The van der Waals surface area contributed by atoms with Crippen LogP contribution in [0.15, 0.2) is 83.5 Å². The number of fused-ring (bicyclic) bond motifs is 4. The van der Waals surface area contributed by atoms with E-state index in [9.17, 15) is 27.9 Å². The third kappa shape index (κ3) is 8.23. The van der Waals surface area contributed by atoms with Crippen LogP contribution in [0.25, 0.3) is 11.0 Å². The smallest absolute Gasteiger partial charge is 0.405 e. The highest BCUT2D eigenvalue weighted by atomic mass is 19.4. The van der Waals surface area contributed by atoms with Gasteiger partial charge in [0.1, 0.15) is 48.1 Å². The Bertz CT molecular complexity index is 1950. The van der Waals surface area contributed by atoms with E-state index < -0.39 is 54.0 Å². The van der Waals surface area contributed by atoms with Crippen molar-refractivity contribution in [1.29, 1.82) is 0 Å². The molecule has 11 nitrogen and oxygen atoms in total. The second-order valence-electron chi connectivity index (χ2n) is 15.8. The van der Waals surface area contributed by atoms with Gasteiger partial charge in [0.2, 0.25) is 11.8 Å². The Morgan fingerprint density at radius 3 is 2.55 bits per heavy atom. The van der Waals surface area contributed by atoms with E-state index in [2.05, 4.69) is 10.3 Å². The summed E-state index contributed by atoms with van der Waals surface area (Å²) in [6.45, 7) is 7.17. The Morgan fingerprint density at radius 1 is 1.05 bits per heavy atom. The first-order valence-corrected chi connectivity index (χ1v) is 18.7. The molecule has 2 aromatic heterocycles. The highest BCUT2D eigenvalue weighted by Crippen LogP contribution is 2.48. The number of amides is 2. The van der Waals surface area contributed by atoms with E-state index >= 15 is 0 Å². The molecule has 0 saturated carbocycles. The maximum absolute atomic E-state index is 14.9. The molecule has 7 rings (SSSR count). The molecule has 0 spiro atoms. The highest BCUT2D eigenvalue weighted by molar-refractivity contribution is 5.82. The molecule has 4 aromatic rings. The fourth-order valence-electron chi connectivity index (χ4n) is 8.37. The second-order valence-corrected chi connectivity index (χ2v) is 15.8. The number of halogens is 3. The van der Waals surface area contributed by atoms with Crippen molar-refractivity contribution in [2.24, 2.45) is 5.92 Å². The molecule has 2 fully saturated rings. The van der Waals surface area contributed by atoms with Crippen molar-refractivity contribution in [2.75, 3.05) is 39.3 Å². The summed E-state index contributed by atoms with van der Waals surface area (Å²) in [5.74, 6) is -0.352. The Labute approximate surface area is 318 Å². The van der Waals surface area contributed by atoms with Crippen molar-refractivity contribution < 1.29 is 41.8 Å². The van der Waals surface area contributed by atoms with Crippen LogP contribution in [-0.4, -0.2) is 106 Å². The summed E-state index contributed by atoms with van der Waals surface area (Å²) in [4.78, 5) is 38.1. The molecule has 0 bridgehead atoms. The van der Waals surface area contributed by atoms with Gasteiger partial charge in [0, 0.05) is 55.4 Å². The zero-order valence-corrected chi connectivity index (χ0v) is 31.5. The first-order chi connectivity index (χ1) is 26.1. The number of carbonyl (C=O) groups excluding carboxylic acids is 2. The number of hydrogen-bond acceptors (Lipinski definition) is 9. The third-order valence-corrected chi connectivity index (χ3v) is 11.2. The molecule has 5 atom stereocenters. The van der Waals surface area contributed by atoms with Crippen LogP contribution in [0.4, 0.5) is 13.2 Å². The molecule has 3 aliphatic rings. The van der Waals surface area contributed by atoms with Crippen LogP contribution in [0.2, 0.25) is 0 Å². The van der Waals surface area contributed by atoms with Crippen molar-refractivity contribution in [3.8, 4) is 5.75 Å². The summed E-state index contributed by atoms with van der Waals surface area (Å²) in [6.07, 6.45) is -2.37. The van der Waals surface area contributed by atoms with E-state index in [1.54, 1.807) is 28.3 Å². The van der Waals surface area contributed by atoms with Crippen molar-refractivity contribution in [3.05, 3.63) is 96.0 Å². The molecule has 294 valence electrons. The van der Waals surface area contributed by atoms with Crippen molar-refractivity contribution >= 4 is 22.8 Å². The average molecular weight is 764 g/mol. The second kappa shape index (κ2) is 15.2. The molecule has 3 aliphatic heterocycles. The van der Waals surface area contributed by atoms with Gasteiger partial charge in [-0.25, -0.2) is 0 Å². The Morgan fingerprint density at radius 2 is 1.80 bits per heavy atom. The number of β-amino-alcohol motifs (C(OH)–C–C–N with tert-alkyl or cyclic N) is 1. The number of aliphatic hydroxyl groups is 1. The van der Waals surface area contributed by atoms with E-state index in [4.69, 9.17) is 13.9 Å². The Hall–Kier alpha value is -4.50. The maximum Gasteiger partial charge on any atom is 0.405 e. The summed E-state index contributed by atoms with van der Waals surface area (Å²) in [6, 6.07) is 19.4. The van der Waals surface area contributed by atoms with E-state index in [-0.39, 0.29) is 44.7 Å². The van der Waals surface area contributed by atoms with Gasteiger partial charge in [-0.3, -0.25) is 24.4 Å². The topological polar surface area (TPSA) is 121 Å². The average Bonchev–Trinajstić information content (AvgIpc) is 3.72. The molecule has 2 aromatic carbocycles. The molecule has 14 heteroatoms. The molecule has 55 heavy (non-hydrogen) atoms. The van der Waals surface area contributed by atoms with Gasteiger partial charge < -0.3 is 29.2 Å². The number of nitrogens with zero attached hydrogens (tertiary/aromatic N) is 4. The van der Waals surface area contributed by atoms with Gasteiger partial charge in [-0.05, 0) is 64.3 Å². The van der Waals surface area contributed by atoms with Crippen molar-refractivity contribution in [2.45, 2.75) is 82.3 Å². The number of rotatable bonds is 11. The number of pyridine rings is 1. The summed E-state index contributed by atoms with van der Waals surface area (Å²) in [5.41, 5.74) is 0.708. The van der Waals surface area contributed by atoms with Gasteiger partial charge in [0.25, 0.3) is 0 Å². The minimum absolute atomic E-state index is 0.0319. The molecule has 2 N–H and O–H groups in total. The number of furan rings is 1. The number of aromatic nitrogens is 1. The lowest BCUT2D eigenvalue weighted by Crippen LogP contribution is -2.63. The number of aliphatic hydroxyl groups excluding tert-OH is 1. The van der Waals surface area contributed by atoms with E-state index in [0.29, 0.717) is 30.1 Å². The van der Waals surface area contributed by atoms with E-state index in [0.717, 1.165) is 16.5 Å². The largest absolute Gasteiger partial charge is 0.490 e. The lowest BCUT2D eigenvalue weighted by Gasteiger charge is -2.47. The molecule has 0 unspecified atom stereocenters. The zero-order chi connectivity index (χ0) is 39.1. The Balaban J connectivity index is 1.13. The van der Waals surface area contributed by atoms with Crippen LogP contribution < -0.4 is 10.1 Å². The van der Waals surface area contributed by atoms with Gasteiger partial charge in [-0.15, -0.1) is 0 Å². The third-order valence-electron chi connectivity index (χ3n) is 11.2. The normalized spacial score (nSPS) is 22.8. The number of benzene rings is 2. The van der Waals surface area contributed by atoms with Gasteiger partial charge >= 0.3 is 6.18 Å². The van der Waals surface area contributed by atoms with Crippen LogP contribution in [-0.2, 0) is 26.3 Å². The summed E-state index contributed by atoms with van der Waals surface area (Å²) in [5, 5.41) is 14.7. The minimum atomic E-state index is -4.60. The standard InChI is InChI=1S/C41H48F3N5O6/c1-39(2,35-20-28-21-45-15-14-32(28)54-35)48-17-16-47(31(23-48)37(51)46-25-41(42,43)44)22-29(50)19-27(18-26-10-6-5-7-11-26)38(52)49-36-30-12-8-9-13-33(30)53-24-34(36)55-40(49,3)4/h5-15,20-21,27,29,31,34,36,50H,16-19,22-25H2,1-4H3,(H,46,51)/t27-,29+,31+,34-,36+/m1/s1. The number of hydrogen-bond donors (Lipinski definition) is 2. The van der Waals surface area contributed by atoms with E-state index in [1.165, 1.54) is 0 Å². The van der Waals surface area contributed by atoms with Crippen LogP contribution in [0.3, 0.4) is 0 Å². The van der Waals surface area contributed by atoms with Crippen LogP contribution in [0, 0.1) is 5.92 Å². The first kappa shape index (κ1) is 38.8. The van der Waals surface area contributed by atoms with Crippen LogP contribution >= 0.6 is 0 Å². The van der Waals surface area contributed by atoms with Crippen molar-refractivity contribution in [3.63, 3.8) is 0 Å². The predicted octanol–water partition coefficient (Wildman–Crippen LogP) is 5.43. The fourth-order valence-corrected chi connectivity index (χ4v) is 8.37. The van der Waals surface area contributed by atoms with Gasteiger partial charge in [0.05, 0.1) is 17.7 Å². The number of ether oxygens (including phenoxy) is 2. The number of nitrogens with one attached hydrogen (secondary N) is 1. The van der Waals surface area contributed by atoms with Gasteiger partial charge in [-0.2, -0.15) is 13.2 Å². The SMILES string of the molecule is CC1(C)O[C@@H]2COc3ccccc3[C@@H]2N1C(=O)[C@H](Cc1ccccc1)C[C@H](O)CN1CCN(C(C)(C)c2cc3cnccc3o2)C[C@H]1C(=O)NCC(F)(F)F. The summed E-state index contributed by atoms with van der Waals surface area (Å²) >= 11 is 0. The molecule has 0 radical (unpaired) electrons. The van der Waals surface area contributed by atoms with Crippen LogP contribution in [0.5, 0.6) is 5.75 Å². The minimum Gasteiger partial charge on any atom is -0.490 e. The van der Waals surface area contributed by atoms with E-state index in [1.807, 2.05) is 93.3 Å². The zero-order valence-electron chi connectivity index (χ0n) is 31.5. The lowest BCUT2D eigenvalue weighted by molar-refractivity contribution is -0.153. The quantitative estimate of drug-likeness (QED) is 0.206. The molecule has 0 aliphatic carbocycles. The van der Waals surface area contributed by atoms with Gasteiger partial charge in [0.15, 0.2) is 0 Å². The monoisotopic (exact) mass is 763 g/mol. The number of para-hydroxylation sites is 1. The molecular formula is C41H48F3N5O6. The highest BCUT2D eigenvalue weighted by Gasteiger charge is 2.54. The fraction of sp³-hybridized carbons (Fsp3) is 0.488. The van der Waals surface area contributed by atoms with Gasteiger partial charge in [-0.1, -0.05) is 48.5 Å². The lowest BCUT2D eigenvalue weighted by atomic mass is 9.89. The van der Waals surface area contributed by atoms with Crippen LogP contribution in [0.1, 0.15) is 57.0 Å². The summed E-state index contributed by atoms with van der Waals surface area (Å²) in [7, 11) is 0. The molecule has 5 heterocycles. The Kier molecular flexibility index (Phi) is 10.7.